The molecule has 1 N–H and O–H groups in total. The zero-order valence-electron chi connectivity index (χ0n) is 9.45. The molecule has 3 nitrogen and oxygen atoms in total. The van der Waals surface area contributed by atoms with E-state index in [2.05, 4.69) is 13.5 Å². The van der Waals surface area contributed by atoms with Crippen LogP contribution in [0.25, 0.3) is 0 Å². The summed E-state index contributed by atoms with van der Waals surface area (Å²) in [6.45, 7) is 6.67. The van der Waals surface area contributed by atoms with E-state index in [1.54, 1.807) is 22.7 Å². The van der Waals surface area contributed by atoms with Gasteiger partial charge in [0.25, 0.3) is 0 Å². The van der Waals surface area contributed by atoms with Crippen LogP contribution in [-0.2, 0) is 4.79 Å². The standard InChI is InChI=1S/C11H21NO2S/c1-3-5-9-15-10-11(14)12(6-4-2)7-8-13/h4,13H,2-3,5-10H2,1H3. The molecule has 0 radical (unpaired) electrons. The van der Waals surface area contributed by atoms with Crippen molar-refractivity contribution in [1.82, 2.24) is 4.90 Å². The molecule has 0 aromatic rings. The normalized spacial score (nSPS) is 10.0. The highest BCUT2D eigenvalue weighted by atomic mass is 32.2. The molecule has 88 valence electrons. The maximum absolute atomic E-state index is 11.6. The van der Waals surface area contributed by atoms with Gasteiger partial charge in [-0.25, -0.2) is 0 Å². The number of rotatable bonds is 9. The van der Waals surface area contributed by atoms with Gasteiger partial charge in [0.05, 0.1) is 12.4 Å². The molecule has 0 aromatic heterocycles. The van der Waals surface area contributed by atoms with Gasteiger partial charge in [-0.2, -0.15) is 11.8 Å². The molecule has 0 rings (SSSR count). The predicted octanol–water partition coefficient (Wildman–Crippen LogP) is 1.53. The Kier molecular flexibility index (Phi) is 9.73. The Morgan fingerprint density at radius 3 is 2.87 bits per heavy atom. The fourth-order valence-corrected chi connectivity index (χ4v) is 2.09. The third-order valence-corrected chi connectivity index (χ3v) is 2.97. The number of carbonyl (C=O) groups excluding carboxylic acids is 1. The summed E-state index contributed by atoms with van der Waals surface area (Å²) < 4.78 is 0. The summed E-state index contributed by atoms with van der Waals surface area (Å²) in [6, 6.07) is 0. The van der Waals surface area contributed by atoms with Crippen LogP contribution in [-0.4, -0.2) is 47.1 Å². The van der Waals surface area contributed by atoms with Crippen LogP contribution in [0, 0.1) is 0 Å². The highest BCUT2D eigenvalue weighted by Gasteiger charge is 2.10. The van der Waals surface area contributed by atoms with Crippen LogP contribution >= 0.6 is 11.8 Å². The smallest absolute Gasteiger partial charge is 0.232 e. The lowest BCUT2D eigenvalue weighted by Crippen LogP contribution is -2.35. The van der Waals surface area contributed by atoms with Crippen LogP contribution in [0.5, 0.6) is 0 Å². The lowest BCUT2D eigenvalue weighted by molar-refractivity contribution is -0.128. The SMILES string of the molecule is C=CCN(CCO)C(=O)CSCCCC. The van der Waals surface area contributed by atoms with Gasteiger partial charge in [-0.1, -0.05) is 19.4 Å². The van der Waals surface area contributed by atoms with E-state index >= 15 is 0 Å². The van der Waals surface area contributed by atoms with Crippen molar-refractivity contribution in [1.29, 1.82) is 0 Å². The minimum absolute atomic E-state index is 0.0131. The lowest BCUT2D eigenvalue weighted by atomic mass is 10.4. The lowest BCUT2D eigenvalue weighted by Gasteiger charge is -2.19. The molecule has 0 aromatic carbocycles. The van der Waals surface area contributed by atoms with Crippen molar-refractivity contribution >= 4 is 17.7 Å². The fraction of sp³-hybridized carbons (Fsp3) is 0.727. The van der Waals surface area contributed by atoms with Crippen molar-refractivity contribution < 1.29 is 9.90 Å². The van der Waals surface area contributed by atoms with Crippen LogP contribution in [0.4, 0.5) is 0 Å². The number of aliphatic hydroxyl groups is 1. The average molecular weight is 231 g/mol. The van der Waals surface area contributed by atoms with Gasteiger partial charge >= 0.3 is 0 Å². The predicted molar refractivity (Wildman–Crippen MR) is 66.1 cm³/mol. The van der Waals surface area contributed by atoms with Crippen LogP contribution in [0.2, 0.25) is 0 Å². The van der Waals surface area contributed by atoms with Crippen molar-refractivity contribution in [3.05, 3.63) is 12.7 Å². The van der Waals surface area contributed by atoms with E-state index in [-0.39, 0.29) is 12.5 Å². The number of carbonyl (C=O) groups is 1. The summed E-state index contributed by atoms with van der Waals surface area (Å²) in [4.78, 5) is 13.3. The van der Waals surface area contributed by atoms with Crippen molar-refractivity contribution in [3.8, 4) is 0 Å². The van der Waals surface area contributed by atoms with E-state index in [1.807, 2.05) is 0 Å². The summed E-state index contributed by atoms with van der Waals surface area (Å²) in [5.41, 5.74) is 0. The average Bonchev–Trinajstić information content (AvgIpc) is 2.24. The van der Waals surface area contributed by atoms with Crippen LogP contribution in [0.3, 0.4) is 0 Å². The summed E-state index contributed by atoms with van der Waals surface area (Å²) >= 11 is 1.66. The van der Waals surface area contributed by atoms with Crippen LogP contribution in [0.1, 0.15) is 19.8 Å². The first-order valence-corrected chi connectivity index (χ1v) is 6.49. The maximum atomic E-state index is 11.6. The van der Waals surface area contributed by atoms with Gasteiger partial charge in [0.15, 0.2) is 0 Å². The number of hydrogen-bond acceptors (Lipinski definition) is 3. The summed E-state index contributed by atoms with van der Waals surface area (Å²) in [6.07, 6.45) is 4.00. The summed E-state index contributed by atoms with van der Waals surface area (Å²) in [7, 11) is 0. The minimum atomic E-state index is 0.0131. The zero-order chi connectivity index (χ0) is 11.5. The molecule has 0 bridgehead atoms. The van der Waals surface area contributed by atoms with Crippen molar-refractivity contribution in [2.45, 2.75) is 19.8 Å². The Bertz CT molecular complexity index is 185. The molecule has 0 aliphatic carbocycles. The summed E-state index contributed by atoms with van der Waals surface area (Å²) in [5.74, 6) is 1.63. The first-order valence-electron chi connectivity index (χ1n) is 5.33. The summed E-state index contributed by atoms with van der Waals surface area (Å²) in [5, 5.41) is 8.79. The van der Waals surface area contributed by atoms with Gasteiger partial charge in [-0.3, -0.25) is 4.79 Å². The van der Waals surface area contributed by atoms with Crippen molar-refractivity contribution in [3.63, 3.8) is 0 Å². The largest absolute Gasteiger partial charge is 0.395 e. The molecule has 15 heavy (non-hydrogen) atoms. The Morgan fingerprint density at radius 2 is 2.33 bits per heavy atom. The van der Waals surface area contributed by atoms with E-state index in [0.29, 0.717) is 18.8 Å². The molecule has 0 spiro atoms. The van der Waals surface area contributed by atoms with Crippen molar-refractivity contribution in [2.75, 3.05) is 31.2 Å². The number of hydrogen-bond donors (Lipinski definition) is 1. The second-order valence-corrected chi connectivity index (χ2v) is 4.36. The van der Waals surface area contributed by atoms with Gasteiger partial charge < -0.3 is 10.0 Å². The highest BCUT2D eigenvalue weighted by molar-refractivity contribution is 7.99. The van der Waals surface area contributed by atoms with Crippen molar-refractivity contribution in [2.24, 2.45) is 0 Å². The molecule has 0 aliphatic heterocycles. The van der Waals surface area contributed by atoms with E-state index in [1.165, 1.54) is 0 Å². The highest BCUT2D eigenvalue weighted by Crippen LogP contribution is 2.06. The third kappa shape index (κ3) is 7.45. The van der Waals surface area contributed by atoms with Gasteiger partial charge in [0, 0.05) is 13.1 Å². The molecule has 0 saturated carbocycles. The molecule has 1 amide bonds. The molecule has 0 fully saturated rings. The van der Waals surface area contributed by atoms with E-state index in [0.717, 1.165) is 18.6 Å². The first kappa shape index (κ1) is 14.5. The molecule has 4 heteroatoms. The molecule has 0 heterocycles. The first-order chi connectivity index (χ1) is 7.26. The topological polar surface area (TPSA) is 40.5 Å². The Labute approximate surface area is 96.5 Å². The van der Waals surface area contributed by atoms with Gasteiger partial charge in [0.2, 0.25) is 5.91 Å². The number of thioether (sulfide) groups is 1. The van der Waals surface area contributed by atoms with Gasteiger partial charge in [0.1, 0.15) is 0 Å². The third-order valence-electron chi connectivity index (χ3n) is 1.94. The number of unbranched alkanes of at least 4 members (excludes halogenated alkanes) is 1. The quantitative estimate of drug-likeness (QED) is 0.483. The van der Waals surface area contributed by atoms with E-state index in [4.69, 9.17) is 5.11 Å². The number of amides is 1. The molecule has 0 unspecified atom stereocenters. The van der Waals surface area contributed by atoms with Crippen LogP contribution in [0.15, 0.2) is 12.7 Å². The Hall–Kier alpha value is -0.480. The fourth-order valence-electron chi connectivity index (χ4n) is 1.09. The molecular weight excluding hydrogens is 210 g/mol. The molecule has 0 saturated heterocycles. The van der Waals surface area contributed by atoms with E-state index < -0.39 is 0 Å². The van der Waals surface area contributed by atoms with Crippen LogP contribution < -0.4 is 0 Å². The zero-order valence-corrected chi connectivity index (χ0v) is 10.3. The maximum Gasteiger partial charge on any atom is 0.232 e. The molecule has 0 atom stereocenters. The number of nitrogens with zero attached hydrogens (tertiary/aromatic N) is 1. The Morgan fingerprint density at radius 1 is 1.60 bits per heavy atom. The number of aliphatic hydroxyl groups excluding tert-OH is 1. The monoisotopic (exact) mass is 231 g/mol. The van der Waals surface area contributed by atoms with E-state index in [9.17, 15) is 4.79 Å². The Balaban J connectivity index is 3.75. The second-order valence-electron chi connectivity index (χ2n) is 3.26. The minimum Gasteiger partial charge on any atom is -0.395 e. The second kappa shape index (κ2) is 10.1. The molecular formula is C11H21NO2S. The molecule has 0 aliphatic rings. The van der Waals surface area contributed by atoms with Gasteiger partial charge in [-0.15, -0.1) is 6.58 Å². The van der Waals surface area contributed by atoms with Gasteiger partial charge in [-0.05, 0) is 12.2 Å².